The molecule has 3 aromatic rings. The van der Waals surface area contributed by atoms with Crippen LogP contribution in [0.4, 0.5) is 5.69 Å². The molecule has 0 aliphatic rings. The molecule has 0 saturated carbocycles. The van der Waals surface area contributed by atoms with Crippen molar-refractivity contribution in [3.8, 4) is 11.5 Å². The van der Waals surface area contributed by atoms with Gasteiger partial charge in [0.15, 0.2) is 17.2 Å². The topological polar surface area (TPSA) is 87.6 Å². The van der Waals surface area contributed by atoms with Gasteiger partial charge in [0.25, 0.3) is 0 Å². The Hall–Kier alpha value is -3.03. The fraction of sp³-hybridized carbons (Fsp3) is 0.190. The van der Waals surface area contributed by atoms with Crippen LogP contribution in [-0.4, -0.2) is 16.7 Å². The van der Waals surface area contributed by atoms with Crippen molar-refractivity contribution in [1.29, 1.82) is 0 Å². The molecule has 156 valence electrons. The number of hydrogen-bond acceptors (Lipinski definition) is 6. The van der Waals surface area contributed by atoms with Gasteiger partial charge in [0, 0.05) is 15.6 Å². The SMILES string of the molecule is CCOc1cc(/C=C\c2onc(C)c2[N+](=O)[O-])ccc1OCc1ccc(Cl)cc1Cl. The van der Waals surface area contributed by atoms with Gasteiger partial charge in [-0.15, -0.1) is 0 Å². The molecule has 0 bridgehead atoms. The summed E-state index contributed by atoms with van der Waals surface area (Å²) in [6, 6.07) is 10.5. The Balaban J connectivity index is 1.80. The number of aryl methyl sites for hydroxylation is 1. The zero-order valence-electron chi connectivity index (χ0n) is 16.2. The molecule has 1 aromatic heterocycles. The van der Waals surface area contributed by atoms with Gasteiger partial charge in [0.2, 0.25) is 5.76 Å². The fourth-order valence-electron chi connectivity index (χ4n) is 2.70. The van der Waals surface area contributed by atoms with Crippen molar-refractivity contribution in [1.82, 2.24) is 5.16 Å². The van der Waals surface area contributed by atoms with Crippen LogP contribution in [0.15, 0.2) is 40.9 Å². The number of nitro groups is 1. The van der Waals surface area contributed by atoms with Crippen LogP contribution in [-0.2, 0) is 6.61 Å². The normalized spacial score (nSPS) is 11.1. The molecule has 0 saturated heterocycles. The van der Waals surface area contributed by atoms with Gasteiger partial charge >= 0.3 is 5.69 Å². The maximum atomic E-state index is 11.1. The third kappa shape index (κ3) is 5.11. The van der Waals surface area contributed by atoms with E-state index in [0.29, 0.717) is 28.2 Å². The first-order chi connectivity index (χ1) is 14.4. The number of ether oxygens (including phenoxy) is 2. The minimum absolute atomic E-state index is 0.0770. The van der Waals surface area contributed by atoms with Crippen molar-refractivity contribution in [2.24, 2.45) is 0 Å². The summed E-state index contributed by atoms with van der Waals surface area (Å²) < 4.78 is 16.6. The minimum atomic E-state index is -0.518. The van der Waals surface area contributed by atoms with E-state index in [1.54, 1.807) is 42.5 Å². The van der Waals surface area contributed by atoms with Gasteiger partial charge in [-0.2, -0.15) is 0 Å². The van der Waals surface area contributed by atoms with Crippen LogP contribution in [0.25, 0.3) is 12.2 Å². The second-order valence-electron chi connectivity index (χ2n) is 6.23. The summed E-state index contributed by atoms with van der Waals surface area (Å²) in [5.41, 5.74) is 1.61. The Morgan fingerprint density at radius 3 is 2.63 bits per heavy atom. The van der Waals surface area contributed by atoms with E-state index in [2.05, 4.69) is 5.16 Å². The molecule has 9 heteroatoms. The van der Waals surface area contributed by atoms with Crippen LogP contribution < -0.4 is 9.47 Å². The van der Waals surface area contributed by atoms with Crippen LogP contribution in [0.2, 0.25) is 10.0 Å². The maximum absolute atomic E-state index is 11.1. The zero-order chi connectivity index (χ0) is 21.7. The molecular weight excluding hydrogens is 431 g/mol. The Morgan fingerprint density at radius 1 is 1.13 bits per heavy atom. The first-order valence-corrected chi connectivity index (χ1v) is 9.77. The van der Waals surface area contributed by atoms with E-state index >= 15 is 0 Å². The van der Waals surface area contributed by atoms with Crippen molar-refractivity contribution >= 4 is 41.0 Å². The van der Waals surface area contributed by atoms with Crippen molar-refractivity contribution in [3.63, 3.8) is 0 Å². The molecule has 0 radical (unpaired) electrons. The molecule has 3 rings (SSSR count). The van der Waals surface area contributed by atoms with Crippen LogP contribution in [0.3, 0.4) is 0 Å². The number of aromatic nitrogens is 1. The van der Waals surface area contributed by atoms with Crippen LogP contribution in [0.5, 0.6) is 11.5 Å². The summed E-state index contributed by atoms with van der Waals surface area (Å²) in [4.78, 5) is 10.6. The molecule has 0 spiro atoms. The second kappa shape index (κ2) is 9.65. The van der Waals surface area contributed by atoms with Crippen LogP contribution >= 0.6 is 23.2 Å². The zero-order valence-corrected chi connectivity index (χ0v) is 17.7. The van der Waals surface area contributed by atoms with Crippen molar-refractivity contribution < 1.29 is 18.9 Å². The first-order valence-electron chi connectivity index (χ1n) is 9.01. The summed E-state index contributed by atoms with van der Waals surface area (Å²) in [6.07, 6.45) is 3.17. The Bertz CT molecular complexity index is 1090. The van der Waals surface area contributed by atoms with Gasteiger partial charge in [-0.25, -0.2) is 0 Å². The van der Waals surface area contributed by atoms with Gasteiger partial charge in [0.05, 0.1) is 11.5 Å². The average molecular weight is 449 g/mol. The number of hydrogen-bond donors (Lipinski definition) is 0. The molecule has 0 aliphatic carbocycles. The number of nitrogens with zero attached hydrogens (tertiary/aromatic N) is 2. The average Bonchev–Trinajstić information content (AvgIpc) is 3.07. The summed E-state index contributed by atoms with van der Waals surface area (Å²) in [5.74, 6) is 1.16. The quantitative estimate of drug-likeness (QED) is 0.294. The molecular formula is C21H18Cl2N2O5. The highest BCUT2D eigenvalue weighted by atomic mass is 35.5. The summed E-state index contributed by atoms with van der Waals surface area (Å²) >= 11 is 12.1. The molecule has 0 unspecified atom stereocenters. The predicted molar refractivity (Wildman–Crippen MR) is 115 cm³/mol. The monoisotopic (exact) mass is 448 g/mol. The smallest absolute Gasteiger partial charge is 0.338 e. The lowest BCUT2D eigenvalue weighted by atomic mass is 10.1. The lowest BCUT2D eigenvalue weighted by Gasteiger charge is -2.13. The summed E-state index contributed by atoms with van der Waals surface area (Å²) in [7, 11) is 0. The Kier molecular flexibility index (Phi) is 6.97. The van der Waals surface area contributed by atoms with Crippen LogP contribution in [0.1, 0.15) is 29.5 Å². The molecule has 0 atom stereocenters. The van der Waals surface area contributed by atoms with E-state index in [9.17, 15) is 10.1 Å². The molecule has 30 heavy (non-hydrogen) atoms. The highest BCUT2D eigenvalue weighted by molar-refractivity contribution is 6.35. The molecule has 0 N–H and O–H groups in total. The Morgan fingerprint density at radius 2 is 1.93 bits per heavy atom. The van der Waals surface area contributed by atoms with Gasteiger partial charge < -0.3 is 14.0 Å². The van der Waals surface area contributed by atoms with Crippen molar-refractivity contribution in [2.75, 3.05) is 6.61 Å². The van der Waals surface area contributed by atoms with Gasteiger partial charge in [-0.05, 0) is 49.8 Å². The van der Waals surface area contributed by atoms with E-state index in [4.69, 9.17) is 37.2 Å². The number of halogens is 2. The van der Waals surface area contributed by atoms with E-state index in [1.165, 1.54) is 13.0 Å². The van der Waals surface area contributed by atoms with Crippen LogP contribution in [0, 0.1) is 17.0 Å². The summed E-state index contributed by atoms with van der Waals surface area (Å²) in [6.45, 7) is 4.07. The molecule has 0 fully saturated rings. The molecule has 0 amide bonds. The standard InChI is InChI=1S/C21H18Cl2N2O5/c1-3-28-20-10-14(5-9-19-21(25(26)27)13(2)24-30-19)4-8-18(20)29-12-15-6-7-16(22)11-17(15)23/h4-11H,3,12H2,1-2H3/b9-5-. The Labute approximate surface area is 182 Å². The lowest BCUT2D eigenvalue weighted by molar-refractivity contribution is -0.386. The van der Waals surface area contributed by atoms with Gasteiger partial charge in [-0.1, -0.05) is 46.6 Å². The molecule has 2 aromatic carbocycles. The minimum Gasteiger partial charge on any atom is -0.490 e. The highest BCUT2D eigenvalue weighted by Gasteiger charge is 2.22. The molecule has 7 nitrogen and oxygen atoms in total. The predicted octanol–water partition coefficient (Wildman–Crippen LogP) is 6.35. The van der Waals surface area contributed by atoms with E-state index in [-0.39, 0.29) is 23.7 Å². The lowest BCUT2D eigenvalue weighted by Crippen LogP contribution is -2.00. The fourth-order valence-corrected chi connectivity index (χ4v) is 3.16. The molecule has 0 aliphatic heterocycles. The largest absolute Gasteiger partial charge is 0.490 e. The number of benzene rings is 2. The third-order valence-electron chi connectivity index (χ3n) is 4.13. The molecule has 1 heterocycles. The third-order valence-corrected chi connectivity index (χ3v) is 4.72. The van der Waals surface area contributed by atoms with E-state index in [1.807, 2.05) is 6.92 Å². The second-order valence-corrected chi connectivity index (χ2v) is 7.08. The van der Waals surface area contributed by atoms with Gasteiger partial charge in [0.1, 0.15) is 6.61 Å². The van der Waals surface area contributed by atoms with E-state index < -0.39 is 4.92 Å². The maximum Gasteiger partial charge on any atom is 0.338 e. The first kappa shape index (κ1) is 21.7. The summed E-state index contributed by atoms with van der Waals surface area (Å²) in [5, 5.41) is 15.9. The van der Waals surface area contributed by atoms with E-state index in [0.717, 1.165) is 11.1 Å². The highest BCUT2D eigenvalue weighted by Crippen LogP contribution is 2.32. The number of rotatable bonds is 8. The van der Waals surface area contributed by atoms with Crippen molar-refractivity contribution in [2.45, 2.75) is 20.5 Å². The van der Waals surface area contributed by atoms with Crippen molar-refractivity contribution in [3.05, 3.63) is 79.1 Å². The van der Waals surface area contributed by atoms with Gasteiger partial charge in [-0.3, -0.25) is 10.1 Å².